The van der Waals surface area contributed by atoms with Crippen LogP contribution in [0.5, 0.6) is 0 Å². The van der Waals surface area contributed by atoms with Gasteiger partial charge in [0.05, 0.1) is 33.6 Å². The van der Waals surface area contributed by atoms with Gasteiger partial charge in [-0.25, -0.2) is 4.98 Å². The predicted octanol–water partition coefficient (Wildman–Crippen LogP) is 3.92. The summed E-state index contributed by atoms with van der Waals surface area (Å²) in [6.45, 7) is 0. The molecule has 2 aromatic rings. The molecular weight excluding hydrogens is 254 g/mol. The van der Waals surface area contributed by atoms with E-state index in [0.29, 0.717) is 15.9 Å². The minimum Gasteiger partial charge on any atom is -0.303 e. The summed E-state index contributed by atoms with van der Waals surface area (Å²) < 4.78 is 1.77. The molecule has 2 nitrogen and oxygen atoms in total. The monoisotopic (exact) mass is 260 g/mol. The fourth-order valence-corrected chi connectivity index (χ4v) is 2.02. The molecule has 0 aliphatic rings. The number of aromatic nitrogens is 2. The Hall–Kier alpha value is -0.700. The summed E-state index contributed by atoms with van der Waals surface area (Å²) >= 11 is 17.8. The third kappa shape index (κ3) is 2.12. The van der Waals surface area contributed by atoms with Crippen LogP contribution in [-0.2, 0) is 5.88 Å². The first-order valence-corrected chi connectivity index (χ1v) is 5.54. The number of nitrogens with zero attached hydrogens (tertiary/aromatic N) is 2. The largest absolute Gasteiger partial charge is 0.303 e. The molecule has 0 aliphatic heterocycles. The van der Waals surface area contributed by atoms with Crippen molar-refractivity contribution in [2.75, 3.05) is 0 Å². The summed E-state index contributed by atoms with van der Waals surface area (Å²) in [5.41, 5.74) is 1.51. The molecule has 0 radical (unpaired) electrons. The van der Waals surface area contributed by atoms with Gasteiger partial charge in [0.1, 0.15) is 0 Å². The SMILES string of the molecule is ClCc1cn(-c2c(Cl)cccc2Cl)cn1. The average Bonchev–Trinajstić information content (AvgIpc) is 2.66. The van der Waals surface area contributed by atoms with Crippen LogP contribution in [0.3, 0.4) is 0 Å². The highest BCUT2D eigenvalue weighted by molar-refractivity contribution is 6.37. The molecule has 0 atom stereocenters. The van der Waals surface area contributed by atoms with Crippen molar-refractivity contribution in [2.24, 2.45) is 0 Å². The lowest BCUT2D eigenvalue weighted by Crippen LogP contribution is -1.92. The van der Waals surface area contributed by atoms with Gasteiger partial charge in [0.15, 0.2) is 0 Å². The van der Waals surface area contributed by atoms with Gasteiger partial charge in [-0.3, -0.25) is 0 Å². The van der Waals surface area contributed by atoms with Crippen LogP contribution in [0.4, 0.5) is 0 Å². The van der Waals surface area contributed by atoms with Crippen molar-refractivity contribution in [3.63, 3.8) is 0 Å². The number of para-hydroxylation sites is 1. The van der Waals surface area contributed by atoms with Crippen LogP contribution >= 0.6 is 34.8 Å². The number of imidazole rings is 1. The first-order valence-electron chi connectivity index (χ1n) is 4.25. The van der Waals surface area contributed by atoms with Gasteiger partial charge in [-0.05, 0) is 12.1 Å². The number of rotatable bonds is 2. The zero-order chi connectivity index (χ0) is 10.8. The number of benzene rings is 1. The van der Waals surface area contributed by atoms with Crippen molar-refractivity contribution in [3.05, 3.63) is 46.5 Å². The lowest BCUT2D eigenvalue weighted by atomic mass is 10.3. The van der Waals surface area contributed by atoms with Gasteiger partial charge in [-0.2, -0.15) is 0 Å². The molecule has 1 aromatic heterocycles. The average molecular weight is 262 g/mol. The molecular formula is C10H7Cl3N2. The normalized spacial score (nSPS) is 10.6. The van der Waals surface area contributed by atoms with Crippen LogP contribution in [0.15, 0.2) is 30.7 Å². The Labute approximate surface area is 102 Å². The second kappa shape index (κ2) is 4.44. The zero-order valence-corrected chi connectivity index (χ0v) is 9.89. The van der Waals surface area contributed by atoms with Gasteiger partial charge in [-0.1, -0.05) is 29.3 Å². The second-order valence-electron chi connectivity index (χ2n) is 2.98. The number of hydrogen-bond donors (Lipinski definition) is 0. The Kier molecular flexibility index (Phi) is 3.19. The van der Waals surface area contributed by atoms with Gasteiger partial charge < -0.3 is 4.57 Å². The molecule has 0 saturated heterocycles. The Bertz CT molecular complexity index is 459. The standard InChI is InChI=1S/C10H7Cl3N2/c11-4-7-5-15(6-14-7)10-8(12)2-1-3-9(10)13/h1-3,5-6H,4H2. The van der Waals surface area contributed by atoms with E-state index in [4.69, 9.17) is 34.8 Å². The Morgan fingerprint density at radius 1 is 1.20 bits per heavy atom. The summed E-state index contributed by atoms with van der Waals surface area (Å²) in [7, 11) is 0. The van der Waals surface area contributed by atoms with Crippen molar-refractivity contribution < 1.29 is 0 Å². The van der Waals surface area contributed by atoms with Gasteiger partial charge >= 0.3 is 0 Å². The van der Waals surface area contributed by atoms with Crippen molar-refractivity contribution in [2.45, 2.75) is 5.88 Å². The predicted molar refractivity (Wildman–Crippen MR) is 63.1 cm³/mol. The first kappa shape index (κ1) is 10.8. The summed E-state index contributed by atoms with van der Waals surface area (Å²) in [4.78, 5) is 4.11. The van der Waals surface area contributed by atoms with E-state index in [2.05, 4.69) is 4.98 Å². The molecule has 0 unspecified atom stereocenters. The van der Waals surface area contributed by atoms with Gasteiger partial charge in [0.2, 0.25) is 0 Å². The quantitative estimate of drug-likeness (QED) is 0.749. The molecule has 78 valence electrons. The lowest BCUT2D eigenvalue weighted by Gasteiger charge is -2.06. The fraction of sp³-hybridized carbons (Fsp3) is 0.100. The van der Waals surface area contributed by atoms with Crippen molar-refractivity contribution in [3.8, 4) is 5.69 Å². The van der Waals surface area contributed by atoms with E-state index >= 15 is 0 Å². The fourth-order valence-electron chi connectivity index (χ4n) is 1.29. The van der Waals surface area contributed by atoms with Crippen LogP contribution in [0, 0.1) is 0 Å². The minimum absolute atomic E-state index is 0.370. The van der Waals surface area contributed by atoms with Crippen LogP contribution in [0.1, 0.15) is 5.69 Å². The van der Waals surface area contributed by atoms with E-state index in [-0.39, 0.29) is 0 Å². The Morgan fingerprint density at radius 3 is 2.40 bits per heavy atom. The molecule has 0 amide bonds. The summed E-state index contributed by atoms with van der Waals surface area (Å²) in [6, 6.07) is 5.36. The van der Waals surface area contributed by atoms with Gasteiger partial charge in [0.25, 0.3) is 0 Å². The topological polar surface area (TPSA) is 17.8 Å². The van der Waals surface area contributed by atoms with Crippen LogP contribution in [0.2, 0.25) is 10.0 Å². The lowest BCUT2D eigenvalue weighted by molar-refractivity contribution is 1.06. The highest BCUT2D eigenvalue weighted by Crippen LogP contribution is 2.28. The molecule has 1 heterocycles. The number of halogens is 3. The molecule has 0 N–H and O–H groups in total. The highest BCUT2D eigenvalue weighted by Gasteiger charge is 2.08. The van der Waals surface area contributed by atoms with Crippen molar-refractivity contribution >= 4 is 34.8 Å². The molecule has 15 heavy (non-hydrogen) atoms. The van der Waals surface area contributed by atoms with E-state index in [1.54, 1.807) is 35.3 Å². The van der Waals surface area contributed by atoms with Gasteiger partial charge in [-0.15, -0.1) is 11.6 Å². The molecule has 2 rings (SSSR count). The van der Waals surface area contributed by atoms with E-state index < -0.39 is 0 Å². The molecule has 0 saturated carbocycles. The third-order valence-corrected chi connectivity index (χ3v) is 2.85. The maximum Gasteiger partial charge on any atom is 0.0996 e. The first-order chi connectivity index (χ1) is 7.22. The van der Waals surface area contributed by atoms with Gasteiger partial charge in [0, 0.05) is 6.20 Å². The van der Waals surface area contributed by atoms with Crippen molar-refractivity contribution in [1.29, 1.82) is 0 Å². The highest BCUT2D eigenvalue weighted by atomic mass is 35.5. The molecule has 1 aromatic carbocycles. The van der Waals surface area contributed by atoms with E-state index in [0.717, 1.165) is 11.4 Å². The van der Waals surface area contributed by atoms with E-state index in [1.807, 2.05) is 0 Å². The van der Waals surface area contributed by atoms with Crippen LogP contribution < -0.4 is 0 Å². The summed E-state index contributed by atoms with van der Waals surface area (Å²) in [6.07, 6.45) is 3.45. The molecule has 0 spiro atoms. The van der Waals surface area contributed by atoms with Crippen LogP contribution in [0.25, 0.3) is 5.69 Å². The third-order valence-electron chi connectivity index (χ3n) is 1.97. The molecule has 0 fully saturated rings. The maximum absolute atomic E-state index is 6.05. The van der Waals surface area contributed by atoms with Crippen LogP contribution in [-0.4, -0.2) is 9.55 Å². The maximum atomic E-state index is 6.05. The Balaban J connectivity index is 2.53. The molecule has 0 aliphatic carbocycles. The molecule has 0 bridgehead atoms. The Morgan fingerprint density at radius 2 is 1.87 bits per heavy atom. The van der Waals surface area contributed by atoms with E-state index in [9.17, 15) is 0 Å². The summed E-state index contributed by atoms with van der Waals surface area (Å²) in [5, 5.41) is 1.17. The zero-order valence-electron chi connectivity index (χ0n) is 7.62. The second-order valence-corrected chi connectivity index (χ2v) is 4.06. The van der Waals surface area contributed by atoms with E-state index in [1.165, 1.54) is 0 Å². The number of alkyl halides is 1. The smallest absolute Gasteiger partial charge is 0.0996 e. The van der Waals surface area contributed by atoms with Crippen molar-refractivity contribution in [1.82, 2.24) is 9.55 Å². The minimum atomic E-state index is 0.370. The number of hydrogen-bond acceptors (Lipinski definition) is 1. The molecule has 5 heteroatoms. The summed E-state index contributed by atoms with van der Waals surface area (Å²) in [5.74, 6) is 0.370.